The zero-order valence-electron chi connectivity index (χ0n) is 24.9. The highest BCUT2D eigenvalue weighted by Gasteiger charge is 2.32. The highest BCUT2D eigenvalue weighted by Crippen LogP contribution is 2.35. The number of rotatable bonds is 14. The van der Waals surface area contributed by atoms with Crippen molar-refractivity contribution in [3.05, 3.63) is 108 Å². The second-order valence-corrected chi connectivity index (χ2v) is 13.2. The lowest BCUT2D eigenvalue weighted by Gasteiger charge is -2.15. The van der Waals surface area contributed by atoms with Crippen molar-refractivity contribution in [1.29, 1.82) is 0 Å². The lowest BCUT2D eigenvalue weighted by molar-refractivity contribution is -0.119. The molecule has 1 unspecified atom stereocenters. The third-order valence-electron chi connectivity index (χ3n) is 7.00. The van der Waals surface area contributed by atoms with Crippen LogP contribution in [0.5, 0.6) is 23.0 Å². The number of amides is 2. The predicted octanol–water partition coefficient (Wildman–Crippen LogP) is 7.41. The zero-order valence-corrected chi connectivity index (χ0v) is 26.6. The summed E-state index contributed by atoms with van der Waals surface area (Å²) in [5.41, 5.74) is 2.95. The summed E-state index contributed by atoms with van der Waals surface area (Å²) in [5, 5.41) is 1.43. The van der Waals surface area contributed by atoms with E-state index in [0.29, 0.717) is 54.7 Å². The summed E-state index contributed by atoms with van der Waals surface area (Å²) in [6, 6.07) is 26.6. The number of aryl methyl sites for hydroxylation is 2. The van der Waals surface area contributed by atoms with E-state index < -0.39 is 15.3 Å². The fraction of sp³-hybridized carbons (Fsp3) is 0.235. The Morgan fingerprint density at radius 2 is 1.49 bits per heavy atom. The Bertz CT molecular complexity index is 1760. The molecule has 11 heteroatoms. The number of carbonyl (C=O) groups is 2. The van der Waals surface area contributed by atoms with Gasteiger partial charge in [-0.25, -0.2) is 8.42 Å². The summed E-state index contributed by atoms with van der Waals surface area (Å²) in [7, 11) is -3.76. The van der Waals surface area contributed by atoms with Crippen LogP contribution in [0, 0.1) is 6.92 Å². The number of benzene rings is 4. The molecule has 0 aromatic heterocycles. The molecule has 2 N–H and O–H groups in total. The summed E-state index contributed by atoms with van der Waals surface area (Å²) in [6.45, 7) is 4.79. The third kappa shape index (κ3) is 8.37. The van der Waals surface area contributed by atoms with Gasteiger partial charge in [-0.3, -0.25) is 19.6 Å². The molecule has 1 fully saturated rings. The fourth-order valence-electron chi connectivity index (χ4n) is 4.66. The van der Waals surface area contributed by atoms with Gasteiger partial charge in [0.1, 0.15) is 28.2 Å². The Morgan fingerprint density at radius 1 is 0.844 bits per heavy atom. The maximum absolute atomic E-state index is 13.1. The first kappa shape index (κ1) is 31.9. The number of hydrogen-bond donors (Lipinski definition) is 2. The molecule has 1 saturated heterocycles. The van der Waals surface area contributed by atoms with Crippen LogP contribution in [0.25, 0.3) is 0 Å². The molecule has 0 aliphatic carbocycles. The van der Waals surface area contributed by atoms with Gasteiger partial charge < -0.3 is 14.2 Å². The monoisotopic (exact) mass is 646 g/mol. The smallest absolute Gasteiger partial charge is 0.286 e. The Hall–Kier alpha value is -4.48. The van der Waals surface area contributed by atoms with Gasteiger partial charge in [-0.1, -0.05) is 43.7 Å². The van der Waals surface area contributed by atoms with Crippen molar-refractivity contribution in [3.8, 4) is 23.0 Å². The summed E-state index contributed by atoms with van der Waals surface area (Å²) in [6.07, 6.45) is 2.14. The van der Waals surface area contributed by atoms with E-state index >= 15 is 0 Å². The molecular formula is C34H34N2O7S2. The van der Waals surface area contributed by atoms with E-state index in [9.17, 15) is 18.0 Å². The summed E-state index contributed by atoms with van der Waals surface area (Å²) in [5.74, 6) is 2.27. The minimum Gasteiger partial charge on any atom is -0.493 e. The van der Waals surface area contributed by atoms with Crippen LogP contribution in [0.15, 0.2) is 95.9 Å². The highest BCUT2D eigenvalue weighted by molar-refractivity contribution is 8.15. The van der Waals surface area contributed by atoms with Gasteiger partial charge in [0.25, 0.3) is 15.3 Å². The molecule has 45 heavy (non-hydrogen) atoms. The third-order valence-corrected chi connectivity index (χ3v) is 9.40. The van der Waals surface area contributed by atoms with Crippen LogP contribution >= 0.6 is 11.8 Å². The zero-order chi connectivity index (χ0) is 31.8. The van der Waals surface area contributed by atoms with Gasteiger partial charge in [-0.15, -0.1) is 0 Å². The molecular weight excluding hydrogens is 613 g/mol. The molecule has 1 aliphatic heterocycles. The van der Waals surface area contributed by atoms with E-state index in [1.54, 1.807) is 54.6 Å². The van der Waals surface area contributed by atoms with Crippen molar-refractivity contribution in [2.75, 3.05) is 17.9 Å². The first-order chi connectivity index (χ1) is 21.7. The summed E-state index contributed by atoms with van der Waals surface area (Å²) >= 11 is 0.973. The lowest BCUT2D eigenvalue weighted by atomic mass is 10.1. The van der Waals surface area contributed by atoms with E-state index in [1.807, 2.05) is 50.2 Å². The molecule has 0 radical (unpaired) electrons. The Morgan fingerprint density at radius 3 is 2.11 bits per heavy atom. The quantitative estimate of drug-likeness (QED) is 0.136. The van der Waals surface area contributed by atoms with Crippen LogP contribution in [-0.2, 0) is 21.2 Å². The first-order valence-electron chi connectivity index (χ1n) is 14.6. The van der Waals surface area contributed by atoms with Gasteiger partial charge in [0.2, 0.25) is 5.91 Å². The molecule has 9 nitrogen and oxygen atoms in total. The van der Waals surface area contributed by atoms with Crippen molar-refractivity contribution in [2.45, 2.75) is 43.3 Å². The van der Waals surface area contributed by atoms with Crippen LogP contribution in [0.4, 0.5) is 10.5 Å². The molecule has 234 valence electrons. The second-order valence-electron chi connectivity index (χ2n) is 10.4. The number of carbonyl (C=O) groups excluding carboxylic acids is 2. The van der Waals surface area contributed by atoms with Crippen molar-refractivity contribution in [1.82, 2.24) is 5.32 Å². The van der Waals surface area contributed by atoms with Crippen LogP contribution in [0.3, 0.4) is 0 Å². The number of thioether (sulfide) groups is 1. The highest BCUT2D eigenvalue weighted by atomic mass is 32.2. The van der Waals surface area contributed by atoms with Crippen LogP contribution in [0.2, 0.25) is 0 Å². The SMILES string of the molecule is CCCc1cc(S(=O)(=O)Nc2ccccc2C)ccc1Oc1ccc(OCCCOc2ccc(C3SC(=O)NC3=O)cc2)cc1. The van der Waals surface area contributed by atoms with Crippen LogP contribution < -0.4 is 24.2 Å². The second kappa shape index (κ2) is 14.5. The van der Waals surface area contributed by atoms with Gasteiger partial charge in [-0.05, 0) is 102 Å². The van der Waals surface area contributed by atoms with E-state index in [2.05, 4.69) is 10.0 Å². The standard InChI is InChI=1S/C34H34N2O7S2/c1-3-7-25-22-29(45(39,40)36-30-9-5-4-8-23(30)2)18-19-31(25)43-28-16-14-27(15-17-28)42-21-6-20-41-26-12-10-24(11-13-26)32-33(37)35-34(38)44-32/h4-5,8-19,22,32,36H,3,6-7,20-21H2,1-2H3,(H,35,37,38). The number of hydrogen-bond acceptors (Lipinski definition) is 8. The first-order valence-corrected chi connectivity index (χ1v) is 16.9. The van der Waals surface area contributed by atoms with E-state index in [4.69, 9.17) is 14.2 Å². The normalized spacial score (nSPS) is 14.6. The average molecular weight is 647 g/mol. The number of nitrogens with one attached hydrogen (secondary N) is 2. The maximum atomic E-state index is 13.1. The van der Waals surface area contributed by atoms with Crippen molar-refractivity contribution < 1.29 is 32.2 Å². The Labute approximate surface area is 267 Å². The average Bonchev–Trinajstić information content (AvgIpc) is 3.37. The predicted molar refractivity (Wildman–Crippen MR) is 175 cm³/mol. The number of para-hydroxylation sites is 1. The molecule has 2 amide bonds. The number of anilines is 1. The Balaban J connectivity index is 1.11. The number of ether oxygens (including phenoxy) is 3. The van der Waals surface area contributed by atoms with Crippen molar-refractivity contribution in [2.24, 2.45) is 0 Å². The largest absolute Gasteiger partial charge is 0.493 e. The van der Waals surface area contributed by atoms with Gasteiger partial charge in [0, 0.05) is 6.42 Å². The van der Waals surface area contributed by atoms with Gasteiger partial charge in [-0.2, -0.15) is 0 Å². The molecule has 5 rings (SSSR count). The lowest BCUT2D eigenvalue weighted by Crippen LogP contribution is -2.20. The van der Waals surface area contributed by atoms with Crippen molar-refractivity contribution in [3.63, 3.8) is 0 Å². The molecule has 1 atom stereocenters. The maximum Gasteiger partial charge on any atom is 0.286 e. The van der Waals surface area contributed by atoms with Gasteiger partial charge in [0.05, 0.1) is 23.8 Å². The molecule has 1 aliphatic rings. The fourth-order valence-corrected chi connectivity index (χ4v) is 6.68. The molecule has 0 spiro atoms. The van der Waals surface area contributed by atoms with E-state index in [0.717, 1.165) is 34.9 Å². The Kier molecular flexibility index (Phi) is 10.3. The van der Waals surface area contributed by atoms with Crippen LogP contribution in [0.1, 0.15) is 41.7 Å². The molecule has 0 bridgehead atoms. The molecule has 0 saturated carbocycles. The van der Waals surface area contributed by atoms with E-state index in [-0.39, 0.29) is 16.0 Å². The topological polar surface area (TPSA) is 120 Å². The summed E-state index contributed by atoms with van der Waals surface area (Å²) < 4.78 is 46.6. The molecule has 4 aromatic carbocycles. The van der Waals surface area contributed by atoms with E-state index in [1.165, 1.54) is 0 Å². The summed E-state index contributed by atoms with van der Waals surface area (Å²) in [4.78, 5) is 23.4. The minimum absolute atomic E-state index is 0.182. The van der Waals surface area contributed by atoms with Gasteiger partial charge >= 0.3 is 0 Å². The van der Waals surface area contributed by atoms with Crippen LogP contribution in [-0.4, -0.2) is 32.8 Å². The molecule has 4 aromatic rings. The van der Waals surface area contributed by atoms with Crippen molar-refractivity contribution >= 4 is 38.6 Å². The molecule has 1 heterocycles. The number of imide groups is 1. The minimum atomic E-state index is -3.76. The number of sulfonamides is 1. The van der Waals surface area contributed by atoms with Gasteiger partial charge in [0.15, 0.2) is 0 Å².